The quantitative estimate of drug-likeness (QED) is 0.366. The van der Waals surface area contributed by atoms with E-state index in [2.05, 4.69) is 77.8 Å². The SMILES string of the molecule is Cl.c1cc(CN2CCNCC2)cc(Nc2nc3ccc(-c4ccnc(N5CCOCC5)c4)cc3[nH]2)n1. The Morgan fingerprint density at radius 2 is 1.69 bits per heavy atom. The van der Waals surface area contributed by atoms with Gasteiger partial charge in [0.25, 0.3) is 0 Å². The first kappa shape index (κ1) is 24.5. The minimum Gasteiger partial charge on any atom is -0.378 e. The molecule has 4 aromatic rings. The number of hydrogen-bond acceptors (Lipinski definition) is 8. The first-order valence-corrected chi connectivity index (χ1v) is 12.2. The molecule has 0 radical (unpaired) electrons. The smallest absolute Gasteiger partial charge is 0.206 e. The summed E-state index contributed by atoms with van der Waals surface area (Å²) < 4.78 is 5.47. The fourth-order valence-corrected chi connectivity index (χ4v) is 4.70. The molecule has 3 aromatic heterocycles. The number of halogens is 1. The van der Waals surface area contributed by atoms with Crippen molar-refractivity contribution in [3.05, 3.63) is 60.4 Å². The number of H-pyrrole nitrogens is 1. The molecule has 0 amide bonds. The molecule has 6 rings (SSSR count). The number of piperazine rings is 1. The number of aromatic nitrogens is 4. The second kappa shape index (κ2) is 11.2. The van der Waals surface area contributed by atoms with Gasteiger partial charge in [0.2, 0.25) is 5.95 Å². The molecule has 0 spiro atoms. The number of nitrogens with zero attached hydrogens (tertiary/aromatic N) is 5. The number of nitrogens with one attached hydrogen (secondary N) is 3. The number of pyridine rings is 2. The first-order valence-electron chi connectivity index (χ1n) is 12.2. The van der Waals surface area contributed by atoms with Crippen molar-refractivity contribution in [2.75, 3.05) is 62.7 Å². The maximum Gasteiger partial charge on any atom is 0.206 e. The molecule has 0 atom stereocenters. The largest absolute Gasteiger partial charge is 0.378 e. The average Bonchev–Trinajstić information content (AvgIpc) is 3.31. The van der Waals surface area contributed by atoms with E-state index in [0.717, 1.165) is 92.8 Å². The molecular formula is C26H31ClN8O. The molecule has 0 bridgehead atoms. The van der Waals surface area contributed by atoms with E-state index in [1.165, 1.54) is 5.56 Å². The Morgan fingerprint density at radius 1 is 0.889 bits per heavy atom. The molecule has 2 aliphatic heterocycles. The van der Waals surface area contributed by atoms with Crippen LogP contribution >= 0.6 is 12.4 Å². The summed E-state index contributed by atoms with van der Waals surface area (Å²) in [7, 11) is 0. The monoisotopic (exact) mass is 506 g/mol. The number of ether oxygens (including phenoxy) is 1. The highest BCUT2D eigenvalue weighted by Crippen LogP contribution is 2.27. The fraction of sp³-hybridized carbons (Fsp3) is 0.346. The lowest BCUT2D eigenvalue weighted by Gasteiger charge is -2.28. The topological polar surface area (TPSA) is 94.2 Å². The average molecular weight is 507 g/mol. The molecule has 3 N–H and O–H groups in total. The van der Waals surface area contributed by atoms with Gasteiger partial charge in [0.15, 0.2) is 0 Å². The van der Waals surface area contributed by atoms with Gasteiger partial charge in [0.05, 0.1) is 24.2 Å². The van der Waals surface area contributed by atoms with Crippen molar-refractivity contribution in [3.8, 4) is 11.1 Å². The summed E-state index contributed by atoms with van der Waals surface area (Å²) in [5, 5.41) is 6.75. The van der Waals surface area contributed by atoms with Gasteiger partial charge in [-0.05, 0) is 53.1 Å². The molecule has 1 aromatic carbocycles. The molecule has 188 valence electrons. The summed E-state index contributed by atoms with van der Waals surface area (Å²) in [6, 6.07) is 14.7. The number of fused-ring (bicyclic) bond motifs is 1. The van der Waals surface area contributed by atoms with Crippen LogP contribution in [0.15, 0.2) is 54.9 Å². The number of benzene rings is 1. The highest BCUT2D eigenvalue weighted by Gasteiger charge is 2.14. The maximum atomic E-state index is 5.47. The number of aromatic amines is 1. The standard InChI is InChI=1S/C26H30N8O.ClH/c1-2-22-23(16-20(1)21-4-6-29-25(17-21)34-11-13-35-14-12-34)31-26(30-22)32-24-15-19(3-5-28-24)18-33-9-7-27-8-10-33;/h1-6,15-17,27H,7-14,18H2,(H2,28,30,31,32);1H. The fourth-order valence-electron chi connectivity index (χ4n) is 4.70. The molecule has 36 heavy (non-hydrogen) atoms. The molecule has 0 aliphatic carbocycles. The Morgan fingerprint density at radius 3 is 2.56 bits per heavy atom. The van der Waals surface area contributed by atoms with E-state index in [-0.39, 0.29) is 12.4 Å². The van der Waals surface area contributed by atoms with Crippen molar-refractivity contribution in [2.45, 2.75) is 6.54 Å². The third kappa shape index (κ3) is 5.60. The van der Waals surface area contributed by atoms with Crippen molar-refractivity contribution in [1.82, 2.24) is 30.2 Å². The van der Waals surface area contributed by atoms with E-state index in [9.17, 15) is 0 Å². The van der Waals surface area contributed by atoms with Crippen LogP contribution in [0, 0.1) is 0 Å². The summed E-state index contributed by atoms with van der Waals surface area (Å²) in [4.78, 5) is 21.9. The second-order valence-corrected chi connectivity index (χ2v) is 9.02. The predicted octanol–water partition coefficient (Wildman–Crippen LogP) is 3.43. The van der Waals surface area contributed by atoms with Crippen LogP contribution < -0.4 is 15.5 Å². The Bertz CT molecular complexity index is 1300. The number of hydrogen-bond donors (Lipinski definition) is 3. The van der Waals surface area contributed by atoms with Crippen molar-refractivity contribution < 1.29 is 4.74 Å². The lowest BCUT2D eigenvalue weighted by Crippen LogP contribution is -2.42. The van der Waals surface area contributed by atoms with Gasteiger partial charge in [-0.15, -0.1) is 12.4 Å². The van der Waals surface area contributed by atoms with E-state index in [4.69, 9.17) is 9.72 Å². The maximum absolute atomic E-state index is 5.47. The van der Waals surface area contributed by atoms with Crippen molar-refractivity contribution in [2.24, 2.45) is 0 Å². The minimum atomic E-state index is 0. The summed E-state index contributed by atoms with van der Waals surface area (Å²) in [6.07, 6.45) is 3.74. The summed E-state index contributed by atoms with van der Waals surface area (Å²) in [5.41, 5.74) is 5.40. The van der Waals surface area contributed by atoms with Gasteiger partial charge in [-0.2, -0.15) is 0 Å². The van der Waals surface area contributed by atoms with Gasteiger partial charge in [0, 0.05) is 58.2 Å². The summed E-state index contributed by atoms with van der Waals surface area (Å²) in [6.45, 7) is 8.40. The van der Waals surface area contributed by atoms with Crippen LogP contribution in [-0.4, -0.2) is 77.3 Å². The first-order chi connectivity index (χ1) is 17.3. The Labute approximate surface area is 216 Å². The van der Waals surface area contributed by atoms with Crippen LogP contribution in [0.4, 0.5) is 17.6 Å². The van der Waals surface area contributed by atoms with Crippen molar-refractivity contribution in [3.63, 3.8) is 0 Å². The van der Waals surface area contributed by atoms with Gasteiger partial charge < -0.3 is 25.3 Å². The van der Waals surface area contributed by atoms with E-state index < -0.39 is 0 Å². The third-order valence-corrected chi connectivity index (χ3v) is 6.58. The number of imidazole rings is 1. The third-order valence-electron chi connectivity index (χ3n) is 6.58. The molecule has 2 aliphatic rings. The van der Waals surface area contributed by atoms with E-state index in [0.29, 0.717) is 5.95 Å². The zero-order valence-electron chi connectivity index (χ0n) is 20.1. The highest BCUT2D eigenvalue weighted by molar-refractivity contribution is 5.85. The lowest BCUT2D eigenvalue weighted by molar-refractivity contribution is 0.122. The number of anilines is 3. The van der Waals surface area contributed by atoms with Crippen LogP contribution in [0.3, 0.4) is 0 Å². The van der Waals surface area contributed by atoms with Crippen LogP contribution in [0.2, 0.25) is 0 Å². The van der Waals surface area contributed by atoms with Crippen molar-refractivity contribution >= 4 is 41.0 Å². The molecule has 2 fully saturated rings. The second-order valence-electron chi connectivity index (χ2n) is 9.02. The highest BCUT2D eigenvalue weighted by atomic mass is 35.5. The molecular weight excluding hydrogens is 476 g/mol. The molecule has 5 heterocycles. The molecule has 0 unspecified atom stereocenters. The minimum absolute atomic E-state index is 0. The zero-order chi connectivity index (χ0) is 23.5. The molecule has 2 saturated heterocycles. The van der Waals surface area contributed by atoms with Crippen LogP contribution in [0.1, 0.15) is 5.56 Å². The zero-order valence-corrected chi connectivity index (χ0v) is 20.9. The molecule has 10 heteroatoms. The molecule has 0 saturated carbocycles. The Hall–Kier alpha value is -3.24. The van der Waals surface area contributed by atoms with Crippen molar-refractivity contribution in [1.29, 1.82) is 0 Å². The van der Waals surface area contributed by atoms with Crippen LogP contribution in [0.25, 0.3) is 22.2 Å². The summed E-state index contributed by atoms with van der Waals surface area (Å²) >= 11 is 0. The Kier molecular flexibility index (Phi) is 7.62. The molecule has 9 nitrogen and oxygen atoms in total. The predicted molar refractivity (Wildman–Crippen MR) is 145 cm³/mol. The van der Waals surface area contributed by atoms with Gasteiger partial charge >= 0.3 is 0 Å². The normalized spacial score (nSPS) is 16.6. The van der Waals surface area contributed by atoms with Crippen LogP contribution in [0.5, 0.6) is 0 Å². The van der Waals surface area contributed by atoms with Gasteiger partial charge in [-0.25, -0.2) is 15.0 Å². The summed E-state index contributed by atoms with van der Waals surface area (Å²) in [5.74, 6) is 2.47. The Balaban J connectivity index is 0.00000267. The van der Waals surface area contributed by atoms with E-state index >= 15 is 0 Å². The lowest BCUT2D eigenvalue weighted by atomic mass is 10.1. The van der Waals surface area contributed by atoms with E-state index in [1.807, 2.05) is 12.4 Å². The van der Waals surface area contributed by atoms with Gasteiger partial charge in [0.1, 0.15) is 11.6 Å². The van der Waals surface area contributed by atoms with E-state index in [1.54, 1.807) is 0 Å². The van der Waals surface area contributed by atoms with Crippen LogP contribution in [-0.2, 0) is 11.3 Å². The number of rotatable bonds is 6. The number of morpholine rings is 1. The van der Waals surface area contributed by atoms with Gasteiger partial charge in [-0.1, -0.05) is 6.07 Å². The van der Waals surface area contributed by atoms with Gasteiger partial charge in [-0.3, -0.25) is 4.90 Å².